The van der Waals surface area contributed by atoms with Crippen molar-refractivity contribution in [2.45, 2.75) is 52.5 Å². The van der Waals surface area contributed by atoms with Crippen molar-refractivity contribution < 1.29 is 0 Å². The average molecular weight is 193 g/mol. The summed E-state index contributed by atoms with van der Waals surface area (Å²) in [6, 6.07) is 0.273. The zero-order chi connectivity index (χ0) is 10.6. The van der Waals surface area contributed by atoms with Crippen LogP contribution in [0.5, 0.6) is 0 Å². The number of nitrogens with one attached hydrogen (secondary N) is 1. The monoisotopic (exact) mass is 193 g/mol. The maximum absolute atomic E-state index is 5.60. The molecule has 1 aliphatic carbocycles. The van der Waals surface area contributed by atoms with Crippen molar-refractivity contribution in [1.29, 1.82) is 0 Å². The molecule has 0 heterocycles. The molecule has 0 aromatic heterocycles. The molecule has 0 bridgehead atoms. The largest absolute Gasteiger partial charge is 0.304 e. The molecule has 2 unspecified atom stereocenters. The van der Waals surface area contributed by atoms with Gasteiger partial charge in [0.25, 0.3) is 0 Å². The standard InChI is InChI=1S/C13H23N/c1-5-12(14-6-2)11-9-7-8-10-13(11,3)4/h1,11-12,14H,6-10H2,2-4H3. The van der Waals surface area contributed by atoms with Gasteiger partial charge in [-0.3, -0.25) is 0 Å². The van der Waals surface area contributed by atoms with Crippen LogP contribution in [0, 0.1) is 23.7 Å². The molecule has 0 saturated heterocycles. The van der Waals surface area contributed by atoms with Crippen LogP contribution in [0.15, 0.2) is 0 Å². The van der Waals surface area contributed by atoms with Crippen LogP contribution >= 0.6 is 0 Å². The van der Waals surface area contributed by atoms with Crippen molar-refractivity contribution in [1.82, 2.24) is 5.32 Å². The van der Waals surface area contributed by atoms with Gasteiger partial charge in [-0.25, -0.2) is 0 Å². The van der Waals surface area contributed by atoms with Crippen molar-refractivity contribution in [2.24, 2.45) is 11.3 Å². The van der Waals surface area contributed by atoms with Gasteiger partial charge in [0.2, 0.25) is 0 Å². The first-order valence-corrected chi connectivity index (χ1v) is 5.81. The molecule has 1 rings (SSSR count). The van der Waals surface area contributed by atoms with Gasteiger partial charge in [-0.15, -0.1) is 6.42 Å². The number of hydrogen-bond donors (Lipinski definition) is 1. The topological polar surface area (TPSA) is 12.0 Å². The summed E-state index contributed by atoms with van der Waals surface area (Å²) in [7, 11) is 0. The summed E-state index contributed by atoms with van der Waals surface area (Å²) in [5, 5.41) is 3.42. The summed E-state index contributed by atoms with van der Waals surface area (Å²) in [6.07, 6.45) is 10.9. The van der Waals surface area contributed by atoms with Gasteiger partial charge in [0, 0.05) is 0 Å². The second-order valence-corrected chi connectivity index (χ2v) is 5.04. The number of terminal acetylenes is 1. The van der Waals surface area contributed by atoms with Crippen LogP contribution < -0.4 is 5.32 Å². The van der Waals surface area contributed by atoms with Crippen molar-refractivity contribution in [3.05, 3.63) is 0 Å². The highest BCUT2D eigenvalue weighted by Gasteiger charge is 2.36. The highest BCUT2D eigenvalue weighted by Crippen LogP contribution is 2.42. The normalized spacial score (nSPS) is 28.0. The SMILES string of the molecule is C#CC(NCC)C1CCCCC1(C)C. The molecule has 2 atom stereocenters. The summed E-state index contributed by atoms with van der Waals surface area (Å²) in [5.41, 5.74) is 0.414. The summed E-state index contributed by atoms with van der Waals surface area (Å²) >= 11 is 0. The van der Waals surface area contributed by atoms with Gasteiger partial charge in [-0.05, 0) is 30.7 Å². The Bertz CT molecular complexity index is 212. The van der Waals surface area contributed by atoms with Crippen LogP contribution in [0.25, 0.3) is 0 Å². The molecule has 14 heavy (non-hydrogen) atoms. The Morgan fingerprint density at radius 2 is 2.21 bits per heavy atom. The van der Waals surface area contributed by atoms with E-state index in [1.165, 1.54) is 25.7 Å². The molecular formula is C13H23N. The summed E-state index contributed by atoms with van der Waals surface area (Å²) in [5.74, 6) is 3.57. The van der Waals surface area contributed by atoms with Crippen molar-refractivity contribution >= 4 is 0 Å². The molecule has 80 valence electrons. The van der Waals surface area contributed by atoms with Crippen LogP contribution in [0.2, 0.25) is 0 Å². The molecule has 1 N–H and O–H groups in total. The molecule has 1 fully saturated rings. The first-order valence-electron chi connectivity index (χ1n) is 5.81. The van der Waals surface area contributed by atoms with Gasteiger partial charge in [0.1, 0.15) is 0 Å². The molecule has 0 spiro atoms. The van der Waals surface area contributed by atoms with E-state index in [4.69, 9.17) is 6.42 Å². The van der Waals surface area contributed by atoms with Gasteiger partial charge < -0.3 is 5.32 Å². The van der Waals surface area contributed by atoms with Gasteiger partial charge >= 0.3 is 0 Å². The molecule has 0 aromatic carbocycles. The maximum Gasteiger partial charge on any atom is 0.0720 e. The van der Waals surface area contributed by atoms with Gasteiger partial charge in [-0.1, -0.05) is 39.5 Å². The van der Waals surface area contributed by atoms with Crippen LogP contribution in [0.1, 0.15) is 46.5 Å². The van der Waals surface area contributed by atoms with E-state index >= 15 is 0 Å². The third kappa shape index (κ3) is 2.51. The molecular weight excluding hydrogens is 170 g/mol. The van der Waals surface area contributed by atoms with Crippen molar-refractivity contribution in [2.75, 3.05) is 6.54 Å². The van der Waals surface area contributed by atoms with E-state index in [0.717, 1.165) is 6.54 Å². The third-order valence-electron chi connectivity index (χ3n) is 3.60. The lowest BCUT2D eigenvalue weighted by Gasteiger charge is -2.41. The van der Waals surface area contributed by atoms with Gasteiger partial charge in [0.15, 0.2) is 0 Å². The minimum Gasteiger partial charge on any atom is -0.304 e. The van der Waals surface area contributed by atoms with E-state index in [2.05, 4.69) is 32.0 Å². The molecule has 1 heteroatoms. The molecule has 0 amide bonds. The Balaban J connectivity index is 2.67. The molecule has 0 radical (unpaired) electrons. The second-order valence-electron chi connectivity index (χ2n) is 5.04. The van der Waals surface area contributed by atoms with E-state index in [0.29, 0.717) is 11.3 Å². The highest BCUT2D eigenvalue weighted by atomic mass is 14.9. The average Bonchev–Trinajstić information content (AvgIpc) is 2.14. The van der Waals surface area contributed by atoms with E-state index in [1.807, 2.05) is 0 Å². The van der Waals surface area contributed by atoms with E-state index in [-0.39, 0.29) is 6.04 Å². The Hall–Kier alpha value is -0.480. The van der Waals surface area contributed by atoms with Crippen molar-refractivity contribution in [3.63, 3.8) is 0 Å². The van der Waals surface area contributed by atoms with E-state index in [9.17, 15) is 0 Å². The fourth-order valence-electron chi connectivity index (χ4n) is 2.68. The lowest BCUT2D eigenvalue weighted by molar-refractivity contribution is 0.117. The fraction of sp³-hybridized carbons (Fsp3) is 0.846. The van der Waals surface area contributed by atoms with Crippen LogP contribution in [-0.2, 0) is 0 Å². The first kappa shape index (κ1) is 11.6. The Morgan fingerprint density at radius 3 is 2.71 bits per heavy atom. The van der Waals surface area contributed by atoms with Crippen LogP contribution in [-0.4, -0.2) is 12.6 Å². The van der Waals surface area contributed by atoms with Gasteiger partial charge in [-0.2, -0.15) is 0 Å². The lowest BCUT2D eigenvalue weighted by atomic mass is 9.66. The molecule has 1 saturated carbocycles. The summed E-state index contributed by atoms with van der Waals surface area (Å²) < 4.78 is 0. The Kier molecular flexibility index (Phi) is 4.01. The minimum absolute atomic E-state index is 0.273. The second kappa shape index (κ2) is 4.84. The fourth-order valence-corrected chi connectivity index (χ4v) is 2.68. The van der Waals surface area contributed by atoms with Crippen LogP contribution in [0.3, 0.4) is 0 Å². The molecule has 1 nitrogen and oxygen atoms in total. The van der Waals surface area contributed by atoms with Crippen LogP contribution in [0.4, 0.5) is 0 Å². The molecule has 0 aromatic rings. The highest BCUT2D eigenvalue weighted by molar-refractivity contribution is 5.06. The number of rotatable bonds is 3. The molecule has 0 aliphatic heterocycles. The predicted molar refractivity (Wildman–Crippen MR) is 62.0 cm³/mol. The summed E-state index contributed by atoms with van der Waals surface area (Å²) in [4.78, 5) is 0. The minimum atomic E-state index is 0.273. The number of hydrogen-bond acceptors (Lipinski definition) is 1. The third-order valence-corrected chi connectivity index (χ3v) is 3.60. The maximum atomic E-state index is 5.60. The van der Waals surface area contributed by atoms with E-state index < -0.39 is 0 Å². The first-order chi connectivity index (χ1) is 6.61. The quantitative estimate of drug-likeness (QED) is 0.680. The zero-order valence-electron chi connectivity index (χ0n) is 9.77. The molecule has 1 aliphatic rings. The van der Waals surface area contributed by atoms with Crippen molar-refractivity contribution in [3.8, 4) is 12.3 Å². The van der Waals surface area contributed by atoms with Gasteiger partial charge in [0.05, 0.1) is 6.04 Å². The Morgan fingerprint density at radius 1 is 1.50 bits per heavy atom. The lowest BCUT2D eigenvalue weighted by Crippen LogP contribution is -2.43. The predicted octanol–water partition coefficient (Wildman–Crippen LogP) is 2.81. The summed E-state index contributed by atoms with van der Waals surface area (Å²) in [6.45, 7) is 7.82. The Labute approximate surface area is 88.7 Å². The van der Waals surface area contributed by atoms with E-state index in [1.54, 1.807) is 0 Å². The smallest absolute Gasteiger partial charge is 0.0720 e. The zero-order valence-corrected chi connectivity index (χ0v) is 9.77.